The molecule has 0 aliphatic rings. The molecule has 84 valence electrons. The number of carboxylic acids is 1. The number of rotatable bonds is 3. The van der Waals surface area contributed by atoms with Gasteiger partial charge in [-0.05, 0) is 24.1 Å². The molecular formula is C11H11ClN2O2. The average molecular weight is 239 g/mol. The zero-order valence-electron chi connectivity index (χ0n) is 8.70. The highest BCUT2D eigenvalue weighted by Gasteiger charge is 2.12. The van der Waals surface area contributed by atoms with Gasteiger partial charge in [0.1, 0.15) is 5.15 Å². The van der Waals surface area contributed by atoms with E-state index in [0.717, 1.165) is 16.5 Å². The third-order valence-corrected chi connectivity index (χ3v) is 2.82. The molecule has 1 aromatic heterocycles. The van der Waals surface area contributed by atoms with Gasteiger partial charge in [0.15, 0.2) is 0 Å². The highest BCUT2D eigenvalue weighted by Crippen LogP contribution is 2.22. The fraction of sp³-hybridized carbons (Fsp3) is 0.273. The van der Waals surface area contributed by atoms with Gasteiger partial charge in [0, 0.05) is 5.39 Å². The molecule has 0 radical (unpaired) electrons. The number of aliphatic carboxylic acids is 1. The van der Waals surface area contributed by atoms with E-state index in [1.807, 2.05) is 18.2 Å². The van der Waals surface area contributed by atoms with Crippen LogP contribution >= 0.6 is 11.6 Å². The van der Waals surface area contributed by atoms with E-state index in [1.54, 1.807) is 6.92 Å². The SMILES string of the molecule is CC(Cc1ccc2c(Cl)[nH]nc2c1)C(=O)O. The molecule has 0 amide bonds. The largest absolute Gasteiger partial charge is 0.481 e. The van der Waals surface area contributed by atoms with E-state index >= 15 is 0 Å². The summed E-state index contributed by atoms with van der Waals surface area (Å²) < 4.78 is 0. The number of carbonyl (C=O) groups is 1. The Kier molecular flexibility index (Phi) is 2.83. The maximum absolute atomic E-state index is 10.7. The summed E-state index contributed by atoms with van der Waals surface area (Å²) in [7, 11) is 0. The lowest BCUT2D eigenvalue weighted by atomic mass is 10.0. The number of nitrogens with one attached hydrogen (secondary N) is 1. The van der Waals surface area contributed by atoms with Crippen LogP contribution in [0.1, 0.15) is 12.5 Å². The van der Waals surface area contributed by atoms with Crippen LogP contribution in [0.3, 0.4) is 0 Å². The van der Waals surface area contributed by atoms with Crippen molar-refractivity contribution in [2.75, 3.05) is 0 Å². The Morgan fingerprint density at radius 2 is 2.38 bits per heavy atom. The summed E-state index contributed by atoms with van der Waals surface area (Å²) in [6, 6.07) is 5.59. The molecule has 0 fully saturated rings. The van der Waals surface area contributed by atoms with Gasteiger partial charge in [-0.1, -0.05) is 24.6 Å². The van der Waals surface area contributed by atoms with Crippen LogP contribution in [0, 0.1) is 5.92 Å². The summed E-state index contributed by atoms with van der Waals surface area (Å²) in [5.41, 5.74) is 1.71. The van der Waals surface area contributed by atoms with Crippen molar-refractivity contribution in [2.24, 2.45) is 5.92 Å². The first-order chi connectivity index (χ1) is 7.58. The van der Waals surface area contributed by atoms with Gasteiger partial charge in [-0.15, -0.1) is 0 Å². The third-order valence-electron chi connectivity index (χ3n) is 2.54. The Labute approximate surface area is 97.2 Å². The van der Waals surface area contributed by atoms with Gasteiger partial charge < -0.3 is 5.11 Å². The number of fused-ring (bicyclic) bond motifs is 1. The lowest BCUT2D eigenvalue weighted by Gasteiger charge is -2.05. The standard InChI is InChI=1S/C11H11ClN2O2/c1-6(11(15)16)4-7-2-3-8-9(5-7)13-14-10(8)12/h2-3,5-6H,4H2,1H3,(H,13,14)(H,15,16). The molecule has 16 heavy (non-hydrogen) atoms. The van der Waals surface area contributed by atoms with Crippen molar-refractivity contribution in [1.82, 2.24) is 10.2 Å². The molecule has 4 nitrogen and oxygen atoms in total. The van der Waals surface area contributed by atoms with Crippen LogP contribution in [0.15, 0.2) is 18.2 Å². The second-order valence-corrected chi connectivity index (χ2v) is 4.21. The quantitative estimate of drug-likeness (QED) is 0.863. The van der Waals surface area contributed by atoms with E-state index in [0.29, 0.717) is 11.6 Å². The average Bonchev–Trinajstić information content (AvgIpc) is 2.60. The van der Waals surface area contributed by atoms with E-state index in [4.69, 9.17) is 16.7 Å². The number of hydrogen-bond acceptors (Lipinski definition) is 2. The highest BCUT2D eigenvalue weighted by atomic mass is 35.5. The predicted octanol–water partition coefficient (Wildman–Crippen LogP) is 2.48. The topological polar surface area (TPSA) is 66.0 Å². The molecular weight excluding hydrogens is 228 g/mol. The Bertz CT molecular complexity index is 536. The van der Waals surface area contributed by atoms with Crippen molar-refractivity contribution >= 4 is 28.5 Å². The summed E-state index contributed by atoms with van der Waals surface area (Å²) >= 11 is 5.87. The molecule has 2 rings (SSSR count). The lowest BCUT2D eigenvalue weighted by molar-refractivity contribution is -0.141. The number of carboxylic acid groups (broad SMARTS) is 1. The molecule has 1 heterocycles. The molecule has 2 aromatic rings. The van der Waals surface area contributed by atoms with Gasteiger partial charge in [0.25, 0.3) is 0 Å². The molecule has 0 bridgehead atoms. The van der Waals surface area contributed by atoms with Crippen molar-refractivity contribution < 1.29 is 9.90 Å². The smallest absolute Gasteiger partial charge is 0.306 e. The van der Waals surface area contributed by atoms with E-state index in [9.17, 15) is 4.79 Å². The van der Waals surface area contributed by atoms with Crippen molar-refractivity contribution in [1.29, 1.82) is 0 Å². The van der Waals surface area contributed by atoms with Gasteiger partial charge >= 0.3 is 5.97 Å². The molecule has 1 atom stereocenters. The molecule has 5 heteroatoms. The number of hydrogen-bond donors (Lipinski definition) is 2. The molecule has 2 N–H and O–H groups in total. The minimum Gasteiger partial charge on any atom is -0.481 e. The zero-order chi connectivity index (χ0) is 11.7. The van der Waals surface area contributed by atoms with Crippen molar-refractivity contribution in [3.63, 3.8) is 0 Å². The van der Waals surface area contributed by atoms with Gasteiger partial charge in [-0.25, -0.2) is 0 Å². The highest BCUT2D eigenvalue weighted by molar-refractivity contribution is 6.34. The number of aromatic amines is 1. The minimum atomic E-state index is -0.792. The Balaban J connectivity index is 2.29. The number of benzene rings is 1. The van der Waals surface area contributed by atoms with Crippen LogP contribution in [0.4, 0.5) is 0 Å². The van der Waals surface area contributed by atoms with Gasteiger partial charge in [0.05, 0.1) is 11.4 Å². The van der Waals surface area contributed by atoms with Gasteiger partial charge in [-0.2, -0.15) is 5.10 Å². The Hall–Kier alpha value is -1.55. The number of nitrogens with zero attached hydrogens (tertiary/aromatic N) is 1. The van der Waals surface area contributed by atoms with E-state index < -0.39 is 11.9 Å². The summed E-state index contributed by atoms with van der Waals surface area (Å²) in [6.45, 7) is 1.68. The maximum Gasteiger partial charge on any atom is 0.306 e. The monoisotopic (exact) mass is 238 g/mol. The molecule has 0 aliphatic carbocycles. The van der Waals surface area contributed by atoms with E-state index in [-0.39, 0.29) is 0 Å². The fourth-order valence-corrected chi connectivity index (χ4v) is 1.79. The molecule has 0 saturated carbocycles. The molecule has 0 spiro atoms. The van der Waals surface area contributed by atoms with Crippen LogP contribution in [-0.2, 0) is 11.2 Å². The fourth-order valence-electron chi connectivity index (χ4n) is 1.59. The summed E-state index contributed by atoms with van der Waals surface area (Å²) in [5.74, 6) is -1.19. The number of aromatic nitrogens is 2. The normalized spacial score (nSPS) is 12.9. The number of halogens is 1. The first-order valence-electron chi connectivity index (χ1n) is 4.93. The minimum absolute atomic E-state index is 0.396. The van der Waals surface area contributed by atoms with Crippen LogP contribution in [-0.4, -0.2) is 21.3 Å². The molecule has 0 aliphatic heterocycles. The summed E-state index contributed by atoms with van der Waals surface area (Å²) in [4.78, 5) is 10.7. The van der Waals surface area contributed by atoms with Crippen LogP contribution < -0.4 is 0 Å². The predicted molar refractivity (Wildman–Crippen MR) is 61.6 cm³/mol. The summed E-state index contributed by atoms with van der Waals surface area (Å²) in [5, 5.41) is 16.9. The summed E-state index contributed by atoms with van der Waals surface area (Å²) in [6.07, 6.45) is 0.496. The van der Waals surface area contributed by atoms with E-state index in [1.165, 1.54) is 0 Å². The third kappa shape index (κ3) is 2.02. The zero-order valence-corrected chi connectivity index (χ0v) is 9.45. The van der Waals surface area contributed by atoms with E-state index in [2.05, 4.69) is 10.2 Å². The van der Waals surface area contributed by atoms with Crippen molar-refractivity contribution in [3.05, 3.63) is 28.9 Å². The maximum atomic E-state index is 10.7. The number of H-pyrrole nitrogens is 1. The molecule has 1 unspecified atom stereocenters. The van der Waals surface area contributed by atoms with Crippen LogP contribution in [0.5, 0.6) is 0 Å². The lowest BCUT2D eigenvalue weighted by Crippen LogP contribution is -2.12. The second-order valence-electron chi connectivity index (χ2n) is 3.83. The van der Waals surface area contributed by atoms with Crippen LogP contribution in [0.25, 0.3) is 10.9 Å². The first kappa shape index (κ1) is 11.0. The second kappa shape index (κ2) is 4.14. The van der Waals surface area contributed by atoms with Gasteiger partial charge in [0.2, 0.25) is 0 Å². The molecule has 1 aromatic carbocycles. The Morgan fingerprint density at radius 3 is 3.06 bits per heavy atom. The Morgan fingerprint density at radius 1 is 1.62 bits per heavy atom. The van der Waals surface area contributed by atoms with Gasteiger partial charge in [-0.3, -0.25) is 9.89 Å². The van der Waals surface area contributed by atoms with Crippen LogP contribution in [0.2, 0.25) is 5.15 Å². The van der Waals surface area contributed by atoms with Crippen molar-refractivity contribution in [2.45, 2.75) is 13.3 Å². The first-order valence-corrected chi connectivity index (χ1v) is 5.31. The van der Waals surface area contributed by atoms with Crippen molar-refractivity contribution in [3.8, 4) is 0 Å². The molecule has 0 saturated heterocycles.